The molecule has 0 N–H and O–H groups in total. The van der Waals surface area contributed by atoms with Crippen LogP contribution in [0.2, 0.25) is 5.02 Å². The third kappa shape index (κ3) is 4.64. The van der Waals surface area contributed by atoms with Gasteiger partial charge < -0.3 is 13.9 Å². The molecule has 0 bridgehead atoms. The summed E-state index contributed by atoms with van der Waals surface area (Å²) in [6.07, 6.45) is 0. The van der Waals surface area contributed by atoms with Crippen molar-refractivity contribution in [1.29, 1.82) is 0 Å². The van der Waals surface area contributed by atoms with Crippen molar-refractivity contribution in [1.82, 2.24) is 10.2 Å². The summed E-state index contributed by atoms with van der Waals surface area (Å²) in [6, 6.07) is 11.8. The van der Waals surface area contributed by atoms with Crippen LogP contribution in [0.1, 0.15) is 5.56 Å². The van der Waals surface area contributed by atoms with Gasteiger partial charge in [-0.15, -0.1) is 10.2 Å². The molecule has 1 aromatic heterocycles. The molecule has 0 saturated carbocycles. The molecule has 0 amide bonds. The molecule has 0 aliphatic rings. The highest BCUT2D eigenvalue weighted by Gasteiger charge is 2.13. The number of halogens is 3. The van der Waals surface area contributed by atoms with Crippen molar-refractivity contribution in [3.8, 4) is 23.0 Å². The standard InChI is InChI=1S/C17H13ClF2N2O3S/c1-23-14-8-10(2-7-13(14)24-16(19)20)9-26-17-22-21-15(25-17)11-3-5-12(18)6-4-11/h2-8,16H,9H2,1H3. The number of nitrogens with zero attached hydrogens (tertiary/aromatic N) is 2. The lowest BCUT2D eigenvalue weighted by Crippen LogP contribution is -2.03. The van der Waals surface area contributed by atoms with Gasteiger partial charge in [0.2, 0.25) is 5.89 Å². The van der Waals surface area contributed by atoms with E-state index in [2.05, 4.69) is 14.9 Å². The summed E-state index contributed by atoms with van der Waals surface area (Å²) in [5.74, 6) is 1.10. The van der Waals surface area contributed by atoms with E-state index in [-0.39, 0.29) is 11.5 Å². The number of ether oxygens (including phenoxy) is 2. The van der Waals surface area contributed by atoms with Crippen LogP contribution < -0.4 is 9.47 Å². The number of rotatable bonds is 7. The normalized spacial score (nSPS) is 11.0. The number of benzene rings is 2. The Morgan fingerprint density at radius 2 is 1.88 bits per heavy atom. The summed E-state index contributed by atoms with van der Waals surface area (Å²) in [4.78, 5) is 0. The van der Waals surface area contributed by atoms with Gasteiger partial charge in [0, 0.05) is 16.3 Å². The lowest BCUT2D eigenvalue weighted by molar-refractivity contribution is -0.0512. The van der Waals surface area contributed by atoms with E-state index in [0.717, 1.165) is 11.1 Å². The smallest absolute Gasteiger partial charge is 0.387 e. The highest BCUT2D eigenvalue weighted by Crippen LogP contribution is 2.32. The molecule has 5 nitrogen and oxygen atoms in total. The van der Waals surface area contributed by atoms with Crippen molar-refractivity contribution in [2.24, 2.45) is 0 Å². The molecule has 1 heterocycles. The molecular formula is C17H13ClF2N2O3S. The molecule has 2 aromatic carbocycles. The van der Waals surface area contributed by atoms with Gasteiger partial charge in [-0.05, 0) is 42.0 Å². The number of hydrogen-bond acceptors (Lipinski definition) is 6. The van der Waals surface area contributed by atoms with Crippen LogP contribution in [0.4, 0.5) is 8.78 Å². The highest BCUT2D eigenvalue weighted by atomic mass is 35.5. The van der Waals surface area contributed by atoms with Gasteiger partial charge >= 0.3 is 6.61 Å². The molecule has 0 spiro atoms. The molecule has 3 aromatic rings. The Morgan fingerprint density at radius 3 is 2.58 bits per heavy atom. The molecule has 136 valence electrons. The molecular weight excluding hydrogens is 386 g/mol. The monoisotopic (exact) mass is 398 g/mol. The Labute approximate surface area is 157 Å². The van der Waals surface area contributed by atoms with Crippen LogP contribution in [-0.2, 0) is 5.75 Å². The van der Waals surface area contributed by atoms with Gasteiger partial charge in [-0.2, -0.15) is 8.78 Å². The van der Waals surface area contributed by atoms with Crippen molar-refractivity contribution in [2.75, 3.05) is 7.11 Å². The van der Waals surface area contributed by atoms with E-state index in [0.29, 0.717) is 21.9 Å². The molecule has 0 saturated heterocycles. The summed E-state index contributed by atoms with van der Waals surface area (Å²) in [5, 5.41) is 9.00. The second-order valence-electron chi connectivity index (χ2n) is 5.03. The first-order valence-electron chi connectivity index (χ1n) is 7.39. The van der Waals surface area contributed by atoms with E-state index in [4.69, 9.17) is 20.8 Å². The maximum Gasteiger partial charge on any atom is 0.387 e. The quantitative estimate of drug-likeness (QED) is 0.504. The van der Waals surface area contributed by atoms with Crippen LogP contribution in [-0.4, -0.2) is 23.9 Å². The lowest BCUT2D eigenvalue weighted by Gasteiger charge is -2.10. The first kappa shape index (κ1) is 18.5. The first-order chi connectivity index (χ1) is 12.5. The van der Waals surface area contributed by atoms with Crippen molar-refractivity contribution in [2.45, 2.75) is 17.6 Å². The van der Waals surface area contributed by atoms with E-state index in [1.807, 2.05) is 0 Å². The van der Waals surface area contributed by atoms with Crippen molar-refractivity contribution >= 4 is 23.4 Å². The molecule has 0 aliphatic carbocycles. The number of thioether (sulfide) groups is 1. The number of hydrogen-bond donors (Lipinski definition) is 0. The summed E-state index contributed by atoms with van der Waals surface area (Å²) in [5.41, 5.74) is 1.60. The van der Waals surface area contributed by atoms with Crippen LogP contribution in [0.3, 0.4) is 0 Å². The van der Waals surface area contributed by atoms with Gasteiger partial charge in [-0.3, -0.25) is 0 Å². The first-order valence-corrected chi connectivity index (χ1v) is 8.75. The van der Waals surface area contributed by atoms with Crippen LogP contribution in [0, 0.1) is 0 Å². The molecule has 0 fully saturated rings. The maximum atomic E-state index is 12.4. The minimum absolute atomic E-state index is 0.0148. The largest absolute Gasteiger partial charge is 0.493 e. The Balaban J connectivity index is 1.66. The van der Waals surface area contributed by atoms with Crippen LogP contribution in [0.15, 0.2) is 52.1 Å². The van der Waals surface area contributed by atoms with E-state index < -0.39 is 6.61 Å². The van der Waals surface area contributed by atoms with E-state index in [9.17, 15) is 8.78 Å². The zero-order valence-electron chi connectivity index (χ0n) is 13.5. The predicted molar refractivity (Wildman–Crippen MR) is 93.9 cm³/mol. The van der Waals surface area contributed by atoms with Crippen molar-refractivity contribution < 1.29 is 22.7 Å². The number of aromatic nitrogens is 2. The Kier molecular flexibility index (Phi) is 5.95. The second kappa shape index (κ2) is 8.37. The van der Waals surface area contributed by atoms with Gasteiger partial charge in [-0.25, -0.2) is 0 Å². The zero-order valence-corrected chi connectivity index (χ0v) is 15.1. The predicted octanol–water partition coefficient (Wildman–Crippen LogP) is 5.29. The molecule has 9 heteroatoms. The molecule has 0 aliphatic heterocycles. The van der Waals surface area contributed by atoms with Gasteiger partial charge in [0.05, 0.1) is 7.11 Å². The summed E-state index contributed by atoms with van der Waals surface area (Å²) < 4.78 is 39.8. The van der Waals surface area contributed by atoms with Crippen LogP contribution in [0.5, 0.6) is 11.5 Å². The van der Waals surface area contributed by atoms with E-state index >= 15 is 0 Å². The SMILES string of the molecule is COc1cc(CSc2nnc(-c3ccc(Cl)cc3)o2)ccc1OC(F)F. The van der Waals surface area contributed by atoms with Crippen molar-refractivity contribution in [3.05, 3.63) is 53.1 Å². The summed E-state index contributed by atoms with van der Waals surface area (Å²) in [7, 11) is 1.39. The Bertz CT molecular complexity index is 875. The minimum Gasteiger partial charge on any atom is -0.493 e. The molecule has 26 heavy (non-hydrogen) atoms. The van der Waals surface area contributed by atoms with E-state index in [1.54, 1.807) is 36.4 Å². The van der Waals surface area contributed by atoms with Gasteiger partial charge in [0.25, 0.3) is 5.22 Å². The molecule has 0 radical (unpaired) electrons. The Hall–Kier alpha value is -2.32. The fourth-order valence-electron chi connectivity index (χ4n) is 2.12. The second-order valence-corrected chi connectivity index (χ2v) is 6.40. The van der Waals surface area contributed by atoms with Crippen LogP contribution in [0.25, 0.3) is 11.5 Å². The van der Waals surface area contributed by atoms with Crippen LogP contribution >= 0.6 is 23.4 Å². The third-order valence-electron chi connectivity index (χ3n) is 3.30. The fraction of sp³-hybridized carbons (Fsp3) is 0.176. The third-order valence-corrected chi connectivity index (χ3v) is 4.45. The minimum atomic E-state index is -2.91. The Morgan fingerprint density at radius 1 is 1.12 bits per heavy atom. The van der Waals surface area contributed by atoms with Gasteiger partial charge in [0.1, 0.15) is 0 Å². The summed E-state index contributed by atoms with van der Waals surface area (Å²) in [6.45, 7) is -2.91. The average molecular weight is 399 g/mol. The molecule has 3 rings (SSSR count). The van der Waals surface area contributed by atoms with E-state index in [1.165, 1.54) is 24.9 Å². The highest BCUT2D eigenvalue weighted by molar-refractivity contribution is 7.98. The average Bonchev–Trinajstić information content (AvgIpc) is 3.10. The number of methoxy groups -OCH3 is 1. The maximum absolute atomic E-state index is 12.4. The molecule has 0 unspecified atom stereocenters. The number of alkyl halides is 2. The topological polar surface area (TPSA) is 57.4 Å². The fourth-order valence-corrected chi connectivity index (χ4v) is 2.95. The summed E-state index contributed by atoms with van der Waals surface area (Å²) >= 11 is 7.17. The molecule has 0 atom stereocenters. The lowest BCUT2D eigenvalue weighted by atomic mass is 10.2. The van der Waals surface area contributed by atoms with Crippen molar-refractivity contribution in [3.63, 3.8) is 0 Å². The van der Waals surface area contributed by atoms with Gasteiger partial charge in [-0.1, -0.05) is 29.4 Å². The zero-order chi connectivity index (χ0) is 18.5. The van der Waals surface area contributed by atoms with Gasteiger partial charge in [0.15, 0.2) is 11.5 Å².